The van der Waals surface area contributed by atoms with E-state index in [1.165, 1.54) is 68.8 Å². The second-order valence-corrected chi connectivity index (χ2v) is 11.3. The van der Waals surface area contributed by atoms with E-state index in [9.17, 15) is 54.7 Å². The highest BCUT2D eigenvalue weighted by Crippen LogP contribution is 2.18. The minimum absolute atomic E-state index is 0.0110. The quantitative estimate of drug-likeness (QED) is 0.0390. The lowest BCUT2D eigenvalue weighted by Gasteiger charge is -2.11. The number of anilines is 1. The summed E-state index contributed by atoms with van der Waals surface area (Å²) < 4.78 is 0. The van der Waals surface area contributed by atoms with Crippen molar-refractivity contribution in [3.63, 3.8) is 0 Å². The summed E-state index contributed by atoms with van der Waals surface area (Å²) in [6, 6.07) is 25.2. The van der Waals surface area contributed by atoms with E-state index in [2.05, 4.69) is 15.7 Å². The molecule has 2 heterocycles. The Hall–Kier alpha value is -7.84. The van der Waals surface area contributed by atoms with E-state index in [1.54, 1.807) is 36.5 Å². The van der Waals surface area contributed by atoms with Crippen molar-refractivity contribution in [2.24, 2.45) is 28.7 Å². The van der Waals surface area contributed by atoms with Gasteiger partial charge < -0.3 is 105 Å². The van der Waals surface area contributed by atoms with Gasteiger partial charge in [-0.25, -0.2) is 4.79 Å². The topological polar surface area (TPSA) is 489 Å². The molecule has 3 aromatic carbocycles. The fourth-order valence-electron chi connectivity index (χ4n) is 3.13. The molecule has 0 atom stereocenters. The van der Waals surface area contributed by atoms with Crippen molar-refractivity contribution in [3.05, 3.63) is 131 Å². The number of aromatic nitrogens is 2. The van der Waals surface area contributed by atoms with Crippen LogP contribution in [0.15, 0.2) is 109 Å². The lowest BCUT2D eigenvalue weighted by atomic mass is 10.2. The molecule has 2 aromatic heterocycles. The number of carbonyl (C=O) groups excluding carboxylic acids is 4. The van der Waals surface area contributed by atoms with Crippen molar-refractivity contribution in [2.45, 2.75) is 12.8 Å². The van der Waals surface area contributed by atoms with Crippen molar-refractivity contribution in [1.82, 2.24) is 15.0 Å². The number of nitrogens with two attached hydrogens (primary N) is 6. The molecule has 5 aromatic rings. The molecule has 14 N–H and O–H groups in total. The van der Waals surface area contributed by atoms with Crippen LogP contribution in [0.5, 0.6) is 11.5 Å². The highest BCUT2D eigenvalue weighted by atomic mass is 16.5. The maximum absolute atomic E-state index is 11.1. The summed E-state index contributed by atoms with van der Waals surface area (Å²) in [6.07, 6.45) is 3.06. The summed E-state index contributed by atoms with van der Waals surface area (Å²) in [5.74, 6) is -8.27. The van der Waals surface area contributed by atoms with Gasteiger partial charge in [0.15, 0.2) is 0 Å². The van der Waals surface area contributed by atoms with Gasteiger partial charge >= 0.3 is 11.9 Å². The van der Waals surface area contributed by atoms with Crippen molar-refractivity contribution in [3.8, 4) is 11.5 Å². The third-order valence-electron chi connectivity index (χ3n) is 5.81. The van der Waals surface area contributed by atoms with E-state index in [4.69, 9.17) is 48.8 Å². The van der Waals surface area contributed by atoms with Crippen LogP contribution in [-0.4, -0.2) is 108 Å². The zero-order valence-corrected chi connectivity index (χ0v) is 35.3. The van der Waals surface area contributed by atoms with Gasteiger partial charge in [-0.15, -0.1) is 0 Å². The number of hydroxylamine groups is 2. The maximum atomic E-state index is 11.1. The largest absolute Gasteiger partial charge is 0.872 e. The predicted molar refractivity (Wildman–Crippen MR) is 227 cm³/mol. The lowest BCUT2D eigenvalue weighted by Crippen LogP contribution is -2.30. The standard InChI is InChI=1S/C9H7NO.C7H7NO2.C7H6O3.C6H5NO2.C3H10N2.C3H4O4.C2H8N2.C2H5NO2.C2H6NO/c11-8-5-1-3-7-4-2-6-10-9(7)8;2*8-6-4-2-1-3-5(6)7(9)10;8-6(9)5-3-1-2-4-7-5;4-2-1-3-5;4-2(5)1-3(6)7;3-1-2-4;3-1-2(4)5;1-3(2)4/h1-6,11H;1-4H,8H2,(H,9,10);1-4,8H,(H,9,10);1-4H,(H,8,9);1-5H2;1H2,(H,4,5)(H,6,7);1-4H2;1,3H2,(H,4,5);1-2H3/q;;;;;;;;-1/p-6. The number of carboxylic acid groups (broad SMARTS) is 6. The number of rotatable bonds is 9. The summed E-state index contributed by atoms with van der Waals surface area (Å²) in [4.78, 5) is 65.8. The fourth-order valence-corrected chi connectivity index (χ4v) is 3.13. The zero-order chi connectivity index (χ0) is 50.8. The van der Waals surface area contributed by atoms with Crippen LogP contribution in [0.3, 0.4) is 0 Å². The van der Waals surface area contributed by atoms with Crippen molar-refractivity contribution in [2.75, 3.05) is 52.6 Å². The van der Waals surface area contributed by atoms with Crippen LogP contribution < -0.4 is 65.0 Å². The van der Waals surface area contributed by atoms with Gasteiger partial charge in [-0.2, -0.15) is 0 Å². The Morgan fingerprint density at radius 1 is 0.585 bits per heavy atom. The molecule has 0 saturated carbocycles. The zero-order valence-electron chi connectivity index (χ0n) is 35.3. The van der Waals surface area contributed by atoms with Crippen LogP contribution in [0.1, 0.15) is 44.0 Å². The van der Waals surface area contributed by atoms with Crippen LogP contribution in [0.2, 0.25) is 0 Å². The molecule has 24 nitrogen and oxygen atoms in total. The second kappa shape index (κ2) is 41.5. The Morgan fingerprint density at radius 3 is 1.34 bits per heavy atom. The number of aliphatic carboxylic acids is 3. The first-order valence-electron chi connectivity index (χ1n) is 18.2. The smallest absolute Gasteiger partial charge is 0.335 e. The highest BCUT2D eigenvalue weighted by molar-refractivity contribution is 5.92. The SMILES string of the molecule is CN(C)[O-].NCC(=O)[O-].NCCCN.NCCN.Nc1ccccc1C(=O)[O-].O=C(O)c1ccccc1[O-].O=C([O-])CC(=O)O.O=C([O-])c1ccccn1.[O-]c1cccc2cccnc12. The van der Waals surface area contributed by atoms with Gasteiger partial charge in [-0.05, 0) is 69.3 Å². The van der Waals surface area contributed by atoms with E-state index >= 15 is 0 Å². The average molecular weight is 911 g/mol. The number of aromatic carboxylic acids is 3. The molecule has 0 fully saturated rings. The molecule has 0 saturated heterocycles. The van der Waals surface area contributed by atoms with Crippen LogP contribution >= 0.6 is 0 Å². The van der Waals surface area contributed by atoms with E-state index in [0.29, 0.717) is 18.6 Å². The first kappa shape index (κ1) is 63.8. The molecule has 65 heavy (non-hydrogen) atoms. The molecular weight excluding hydrogens is 858 g/mol. The number of para-hydroxylation sites is 3. The Labute approximate surface area is 373 Å². The summed E-state index contributed by atoms with van der Waals surface area (Å²) in [7, 11) is 2.89. The molecule has 0 spiro atoms. The average Bonchev–Trinajstić information content (AvgIpc) is 3.25. The number of nitrogens with zero attached hydrogens (tertiary/aromatic N) is 3. The number of carboxylic acids is 6. The molecule has 358 valence electrons. The van der Waals surface area contributed by atoms with E-state index in [0.717, 1.165) is 30.0 Å². The van der Waals surface area contributed by atoms with Gasteiger partial charge in [-0.1, -0.05) is 78.2 Å². The van der Waals surface area contributed by atoms with Crippen molar-refractivity contribution < 1.29 is 69.6 Å². The molecule has 0 aliphatic carbocycles. The van der Waals surface area contributed by atoms with Crippen molar-refractivity contribution in [1.29, 1.82) is 0 Å². The Kier molecular flexibility index (Phi) is 40.7. The summed E-state index contributed by atoms with van der Waals surface area (Å²) in [5, 5.41) is 87.5. The van der Waals surface area contributed by atoms with Gasteiger partial charge in [-0.3, -0.25) is 14.8 Å². The van der Waals surface area contributed by atoms with Gasteiger partial charge in [0.1, 0.15) is 0 Å². The number of benzene rings is 3. The maximum Gasteiger partial charge on any atom is 0.335 e. The van der Waals surface area contributed by atoms with Crippen molar-refractivity contribution >= 4 is 52.4 Å². The second-order valence-electron chi connectivity index (χ2n) is 11.3. The Balaban J connectivity index is -0.000000330. The normalized spacial score (nSPS) is 8.88. The number of hydrogen-bond acceptors (Lipinski definition) is 22. The first-order chi connectivity index (χ1) is 30.6. The van der Waals surface area contributed by atoms with Crippen LogP contribution in [0, 0.1) is 5.21 Å². The monoisotopic (exact) mass is 910 g/mol. The highest BCUT2D eigenvalue weighted by Gasteiger charge is 2.00. The number of pyridine rings is 2. The molecule has 0 radical (unpaired) electrons. The molecule has 0 bridgehead atoms. The number of hydrogen-bond donors (Lipinski definition) is 8. The van der Waals surface area contributed by atoms with Crippen LogP contribution in [0.4, 0.5) is 5.69 Å². The molecule has 0 aliphatic heterocycles. The van der Waals surface area contributed by atoms with Gasteiger partial charge in [0, 0.05) is 43.3 Å². The predicted octanol–water partition coefficient (Wildman–Crippen LogP) is -5.01. The molecule has 0 amide bonds. The Bertz CT molecular complexity index is 2000. The van der Waals surface area contributed by atoms with Gasteiger partial charge in [0.2, 0.25) is 0 Å². The number of fused-ring (bicyclic) bond motifs is 1. The third kappa shape index (κ3) is 40.0. The minimum atomic E-state index is -1.56. The third-order valence-corrected chi connectivity index (χ3v) is 5.81. The summed E-state index contributed by atoms with van der Waals surface area (Å²) >= 11 is 0. The molecule has 5 rings (SSSR count). The summed E-state index contributed by atoms with van der Waals surface area (Å²) in [5.41, 5.74) is 30.4. The molecule has 0 unspecified atom stereocenters. The molecule has 0 aliphatic rings. The van der Waals surface area contributed by atoms with E-state index < -0.39 is 48.0 Å². The van der Waals surface area contributed by atoms with E-state index in [-0.39, 0.29) is 34.8 Å². The van der Waals surface area contributed by atoms with E-state index in [1.807, 2.05) is 18.2 Å². The fraction of sp³-hybridized carbons (Fsp3) is 0.220. The first-order valence-corrected chi connectivity index (χ1v) is 18.2. The molecule has 24 heteroatoms. The van der Waals surface area contributed by atoms with Gasteiger partial charge in [0.05, 0.1) is 47.1 Å². The number of nitrogen functional groups attached to an aromatic ring is 1. The van der Waals surface area contributed by atoms with Crippen LogP contribution in [-0.2, 0) is 14.4 Å². The van der Waals surface area contributed by atoms with Gasteiger partial charge in [0.25, 0.3) is 0 Å². The summed E-state index contributed by atoms with van der Waals surface area (Å²) in [6.45, 7) is 2.24. The minimum Gasteiger partial charge on any atom is -0.872 e. The molecular formula is C41H52N9O15-7. The van der Waals surface area contributed by atoms with Crippen LogP contribution in [0.25, 0.3) is 10.9 Å². The number of carbonyl (C=O) groups is 6. The lowest BCUT2D eigenvalue weighted by molar-refractivity contribution is -0.305. The Morgan fingerprint density at radius 2 is 1.05 bits per heavy atom.